The van der Waals surface area contributed by atoms with Crippen molar-refractivity contribution in [3.8, 4) is 0 Å². The van der Waals surface area contributed by atoms with Crippen LogP contribution in [0.5, 0.6) is 0 Å². The molecule has 106 valence electrons. The van der Waals surface area contributed by atoms with Crippen molar-refractivity contribution in [1.82, 2.24) is 4.31 Å². The summed E-state index contributed by atoms with van der Waals surface area (Å²) in [6.45, 7) is 5.08. The Morgan fingerprint density at radius 2 is 1.89 bits per heavy atom. The highest BCUT2D eigenvalue weighted by molar-refractivity contribution is 9.10. The Kier molecular flexibility index (Phi) is 4.35. The Hall–Kier alpha value is -0.430. The first-order chi connectivity index (χ1) is 8.86. The summed E-state index contributed by atoms with van der Waals surface area (Å²) in [5.41, 5.74) is 0.599. The SMILES string of the molecule is CC1CN(S(=O)(=O)c2cc(CO)ccc2Br)CC1C. The molecule has 1 N–H and O–H groups in total. The molecular weight excluding hydrogens is 330 g/mol. The van der Waals surface area contributed by atoms with Crippen molar-refractivity contribution in [2.45, 2.75) is 25.3 Å². The molecule has 0 amide bonds. The third kappa shape index (κ3) is 2.86. The maximum absolute atomic E-state index is 12.6. The van der Waals surface area contributed by atoms with Crippen molar-refractivity contribution in [1.29, 1.82) is 0 Å². The molecule has 0 bridgehead atoms. The molecule has 0 aromatic heterocycles. The van der Waals surface area contributed by atoms with Crippen LogP contribution in [0.2, 0.25) is 0 Å². The standard InChI is InChI=1S/C13H18BrNO3S/c1-9-6-15(7-10(9)2)19(17,18)13-5-11(8-16)3-4-12(13)14/h3-5,9-10,16H,6-8H2,1-2H3. The predicted octanol–water partition coefficient (Wildman–Crippen LogP) is 2.22. The first kappa shape index (κ1) is 15.0. The number of aliphatic hydroxyl groups is 1. The van der Waals surface area contributed by atoms with Gasteiger partial charge in [0.25, 0.3) is 0 Å². The number of aliphatic hydroxyl groups excluding tert-OH is 1. The summed E-state index contributed by atoms with van der Waals surface area (Å²) >= 11 is 3.29. The van der Waals surface area contributed by atoms with Crippen LogP contribution in [0.15, 0.2) is 27.6 Å². The third-order valence-electron chi connectivity index (χ3n) is 3.75. The quantitative estimate of drug-likeness (QED) is 0.911. The van der Waals surface area contributed by atoms with Gasteiger partial charge in [-0.1, -0.05) is 19.9 Å². The third-order valence-corrected chi connectivity index (χ3v) is 6.58. The Morgan fingerprint density at radius 3 is 2.42 bits per heavy atom. The summed E-state index contributed by atoms with van der Waals surface area (Å²) in [5.74, 6) is 0.740. The van der Waals surface area contributed by atoms with Gasteiger partial charge in [-0.15, -0.1) is 0 Å². The summed E-state index contributed by atoms with van der Waals surface area (Å²) in [7, 11) is -3.49. The number of hydrogen-bond acceptors (Lipinski definition) is 3. The van der Waals surface area contributed by atoms with Gasteiger partial charge in [-0.3, -0.25) is 0 Å². The topological polar surface area (TPSA) is 57.6 Å². The molecule has 2 unspecified atom stereocenters. The average molecular weight is 348 g/mol. The van der Waals surface area contributed by atoms with E-state index < -0.39 is 10.0 Å². The lowest BCUT2D eigenvalue weighted by Gasteiger charge is -2.17. The number of sulfonamides is 1. The summed E-state index contributed by atoms with van der Waals surface area (Å²) in [6.07, 6.45) is 0. The molecule has 0 saturated carbocycles. The predicted molar refractivity (Wildman–Crippen MR) is 77.2 cm³/mol. The van der Waals surface area contributed by atoms with E-state index in [4.69, 9.17) is 5.11 Å². The molecule has 2 rings (SSSR count). The highest BCUT2D eigenvalue weighted by Gasteiger charge is 2.35. The number of halogens is 1. The van der Waals surface area contributed by atoms with E-state index in [9.17, 15) is 8.42 Å². The van der Waals surface area contributed by atoms with Crippen molar-refractivity contribution in [3.05, 3.63) is 28.2 Å². The molecule has 4 nitrogen and oxygen atoms in total. The van der Waals surface area contributed by atoms with Gasteiger partial charge in [0.05, 0.1) is 11.5 Å². The number of rotatable bonds is 3. The van der Waals surface area contributed by atoms with Crippen molar-refractivity contribution in [2.24, 2.45) is 11.8 Å². The molecule has 1 aromatic rings. The fraction of sp³-hybridized carbons (Fsp3) is 0.538. The molecule has 1 aliphatic heterocycles. The minimum Gasteiger partial charge on any atom is -0.392 e. The molecule has 1 aromatic carbocycles. The van der Waals surface area contributed by atoms with Crippen molar-refractivity contribution in [2.75, 3.05) is 13.1 Å². The molecule has 19 heavy (non-hydrogen) atoms. The molecule has 1 saturated heterocycles. The van der Waals surface area contributed by atoms with E-state index in [2.05, 4.69) is 29.8 Å². The van der Waals surface area contributed by atoms with Crippen LogP contribution in [0, 0.1) is 11.8 Å². The maximum atomic E-state index is 12.6. The molecule has 1 fully saturated rings. The number of hydrogen-bond donors (Lipinski definition) is 1. The first-order valence-electron chi connectivity index (χ1n) is 6.25. The lowest BCUT2D eigenvalue weighted by molar-refractivity contribution is 0.281. The highest BCUT2D eigenvalue weighted by Crippen LogP contribution is 2.31. The van der Waals surface area contributed by atoms with Crippen LogP contribution in [0.3, 0.4) is 0 Å². The lowest BCUT2D eigenvalue weighted by atomic mass is 10.0. The fourth-order valence-electron chi connectivity index (χ4n) is 2.26. The molecule has 0 radical (unpaired) electrons. The van der Waals surface area contributed by atoms with Gasteiger partial charge < -0.3 is 5.11 Å². The zero-order chi connectivity index (χ0) is 14.2. The van der Waals surface area contributed by atoms with E-state index >= 15 is 0 Å². The van der Waals surface area contributed by atoms with E-state index in [0.29, 0.717) is 35.0 Å². The summed E-state index contributed by atoms with van der Waals surface area (Å²) in [6, 6.07) is 4.91. The molecule has 0 spiro atoms. The summed E-state index contributed by atoms with van der Waals surface area (Å²) < 4.78 is 27.3. The average Bonchev–Trinajstić information content (AvgIpc) is 2.71. The Bertz CT molecular complexity index is 563. The first-order valence-corrected chi connectivity index (χ1v) is 8.49. The largest absolute Gasteiger partial charge is 0.392 e. The summed E-state index contributed by atoms with van der Waals surface area (Å²) in [5, 5.41) is 9.14. The van der Waals surface area contributed by atoms with Crippen molar-refractivity contribution in [3.63, 3.8) is 0 Å². The number of nitrogens with zero attached hydrogens (tertiary/aromatic N) is 1. The Morgan fingerprint density at radius 1 is 1.32 bits per heavy atom. The van der Waals surface area contributed by atoms with Gasteiger partial charge in [-0.25, -0.2) is 8.42 Å². The maximum Gasteiger partial charge on any atom is 0.244 e. The monoisotopic (exact) mass is 347 g/mol. The van der Waals surface area contributed by atoms with E-state index in [1.165, 1.54) is 10.4 Å². The van der Waals surface area contributed by atoms with Crippen LogP contribution in [0.4, 0.5) is 0 Å². The van der Waals surface area contributed by atoms with Gasteiger partial charge >= 0.3 is 0 Å². The molecule has 6 heteroatoms. The molecular formula is C13H18BrNO3S. The van der Waals surface area contributed by atoms with Gasteiger partial charge in [-0.2, -0.15) is 4.31 Å². The van der Waals surface area contributed by atoms with Crippen LogP contribution in [0.1, 0.15) is 19.4 Å². The molecule has 2 atom stereocenters. The zero-order valence-corrected chi connectivity index (χ0v) is 13.4. The minimum atomic E-state index is -3.49. The highest BCUT2D eigenvalue weighted by atomic mass is 79.9. The van der Waals surface area contributed by atoms with Gasteiger partial charge in [0.2, 0.25) is 10.0 Å². The lowest BCUT2D eigenvalue weighted by Crippen LogP contribution is -2.29. The Labute approximate surface area is 122 Å². The molecule has 1 aliphatic rings. The normalized spacial score (nSPS) is 24.8. The molecule has 0 aliphatic carbocycles. The van der Waals surface area contributed by atoms with Crippen LogP contribution >= 0.6 is 15.9 Å². The van der Waals surface area contributed by atoms with Crippen molar-refractivity contribution >= 4 is 26.0 Å². The van der Waals surface area contributed by atoms with Crippen LogP contribution < -0.4 is 0 Å². The smallest absolute Gasteiger partial charge is 0.244 e. The summed E-state index contributed by atoms with van der Waals surface area (Å²) in [4.78, 5) is 0.236. The fourth-order valence-corrected chi connectivity index (χ4v) is 4.87. The molecule has 1 heterocycles. The van der Waals surface area contributed by atoms with Gasteiger partial charge in [-0.05, 0) is 45.5 Å². The second-order valence-electron chi connectivity index (χ2n) is 5.20. The Balaban J connectivity index is 2.40. The van der Waals surface area contributed by atoms with Gasteiger partial charge in [0.1, 0.15) is 0 Å². The minimum absolute atomic E-state index is 0.164. The van der Waals surface area contributed by atoms with Crippen LogP contribution in [-0.2, 0) is 16.6 Å². The second kappa shape index (κ2) is 5.52. The van der Waals surface area contributed by atoms with E-state index in [0.717, 1.165) is 0 Å². The van der Waals surface area contributed by atoms with E-state index in [1.807, 2.05) is 0 Å². The second-order valence-corrected chi connectivity index (χ2v) is 7.96. The van der Waals surface area contributed by atoms with Crippen LogP contribution in [0.25, 0.3) is 0 Å². The van der Waals surface area contributed by atoms with Crippen LogP contribution in [-0.4, -0.2) is 30.9 Å². The van der Waals surface area contributed by atoms with Crippen molar-refractivity contribution < 1.29 is 13.5 Å². The van der Waals surface area contributed by atoms with Gasteiger partial charge in [0.15, 0.2) is 0 Å². The zero-order valence-electron chi connectivity index (χ0n) is 11.0. The van der Waals surface area contributed by atoms with E-state index in [-0.39, 0.29) is 11.5 Å². The number of benzene rings is 1. The van der Waals surface area contributed by atoms with Gasteiger partial charge in [0, 0.05) is 17.6 Å². The van der Waals surface area contributed by atoms with E-state index in [1.54, 1.807) is 12.1 Å².